The molecule has 2 atom stereocenters. The van der Waals surface area contributed by atoms with Gasteiger partial charge in [0.2, 0.25) is 0 Å². The molecule has 2 N–H and O–H groups in total. The topological polar surface area (TPSA) is 69.4 Å². The van der Waals surface area contributed by atoms with Gasteiger partial charge in [0, 0.05) is 23.2 Å². The molecule has 0 bridgehead atoms. The van der Waals surface area contributed by atoms with E-state index < -0.39 is 16.7 Å². The highest BCUT2D eigenvalue weighted by molar-refractivity contribution is 7.79. The van der Waals surface area contributed by atoms with E-state index >= 15 is 0 Å². The molecular formula is C20H26FN2O2S-. The number of halogens is 1. The number of alkyl halides is 1. The number of nitrogens with two attached hydrogens (primary N) is 1. The molecule has 0 saturated heterocycles. The van der Waals surface area contributed by atoms with E-state index in [0.29, 0.717) is 36.7 Å². The fourth-order valence-corrected chi connectivity index (χ4v) is 5.18. The van der Waals surface area contributed by atoms with Crippen molar-refractivity contribution in [2.75, 3.05) is 6.54 Å². The van der Waals surface area contributed by atoms with Gasteiger partial charge in [-0.1, -0.05) is 6.07 Å². The van der Waals surface area contributed by atoms with Crippen LogP contribution in [0.2, 0.25) is 0 Å². The van der Waals surface area contributed by atoms with Crippen molar-refractivity contribution in [3.05, 3.63) is 34.0 Å². The lowest BCUT2D eigenvalue weighted by Gasteiger charge is -2.37. The van der Waals surface area contributed by atoms with Gasteiger partial charge in [0.05, 0.1) is 6.54 Å². The van der Waals surface area contributed by atoms with E-state index in [-0.39, 0.29) is 6.04 Å². The van der Waals surface area contributed by atoms with Crippen LogP contribution in [-0.4, -0.2) is 31.9 Å². The van der Waals surface area contributed by atoms with Gasteiger partial charge in [0.25, 0.3) is 0 Å². The molecule has 1 fully saturated rings. The van der Waals surface area contributed by atoms with Crippen molar-refractivity contribution >= 4 is 17.2 Å². The summed E-state index contributed by atoms with van der Waals surface area (Å²) in [6, 6.07) is 2.19. The van der Waals surface area contributed by atoms with Crippen LogP contribution >= 0.6 is 0 Å². The third kappa shape index (κ3) is 3.47. The maximum atomic E-state index is 14.4. The molecule has 2 aliphatic carbocycles. The molecule has 4 rings (SSSR count). The molecule has 0 aromatic heterocycles. The van der Waals surface area contributed by atoms with Gasteiger partial charge in [0.15, 0.2) is 0 Å². The number of fused-ring (bicyclic) bond motifs is 2. The van der Waals surface area contributed by atoms with Gasteiger partial charge in [-0.15, -0.1) is 0 Å². The lowest BCUT2D eigenvalue weighted by Crippen LogP contribution is -2.37. The molecule has 26 heavy (non-hydrogen) atoms. The van der Waals surface area contributed by atoms with Crippen LogP contribution in [0, 0.1) is 5.92 Å². The Bertz CT molecular complexity index is 796. The average molecular weight is 378 g/mol. The first kappa shape index (κ1) is 18.1. The highest BCUT2D eigenvalue weighted by atomic mass is 32.2. The standard InChI is InChI=1S/C20H27FN2O2S/c1-20(2,21)11-23-10-14-7-13-8-15(22)5-6-16(13)19(26(24)25)17(14)9-18(23)12-3-4-12/h7,9,12,15H,3-6,8,10-11,22H2,1-2H3,(H,24,25)/p-1. The van der Waals surface area contributed by atoms with Crippen molar-refractivity contribution in [3.8, 4) is 0 Å². The van der Waals surface area contributed by atoms with E-state index in [9.17, 15) is 13.2 Å². The first-order valence-corrected chi connectivity index (χ1v) is 10.5. The number of nitrogens with zero attached hydrogens (tertiary/aromatic N) is 1. The Morgan fingerprint density at radius 1 is 1.35 bits per heavy atom. The van der Waals surface area contributed by atoms with Gasteiger partial charge in [-0.25, -0.2) is 4.39 Å². The summed E-state index contributed by atoms with van der Waals surface area (Å²) in [4.78, 5) is 2.55. The minimum atomic E-state index is -2.29. The van der Waals surface area contributed by atoms with Crippen molar-refractivity contribution in [2.45, 2.75) is 69.1 Å². The fraction of sp³-hybridized carbons (Fsp3) is 0.600. The van der Waals surface area contributed by atoms with Crippen molar-refractivity contribution in [3.63, 3.8) is 0 Å². The van der Waals surface area contributed by atoms with Crippen LogP contribution in [0.15, 0.2) is 16.7 Å². The highest BCUT2D eigenvalue weighted by Crippen LogP contribution is 2.44. The lowest BCUT2D eigenvalue weighted by molar-refractivity contribution is 0.139. The monoisotopic (exact) mass is 377 g/mol. The molecule has 142 valence electrons. The Hall–Kier alpha value is -1.24. The van der Waals surface area contributed by atoms with Crippen molar-refractivity contribution < 1.29 is 13.2 Å². The molecule has 0 radical (unpaired) electrons. The van der Waals surface area contributed by atoms with Gasteiger partial charge in [-0.05, 0) is 91.3 Å². The molecule has 1 aromatic rings. The number of allylic oxidation sites excluding steroid dienone is 1. The molecule has 1 aromatic carbocycles. The molecule has 3 aliphatic rings. The zero-order valence-corrected chi connectivity index (χ0v) is 16.2. The van der Waals surface area contributed by atoms with Gasteiger partial charge in [0.1, 0.15) is 5.67 Å². The predicted molar refractivity (Wildman–Crippen MR) is 99.9 cm³/mol. The minimum absolute atomic E-state index is 0.0792. The summed E-state index contributed by atoms with van der Waals surface area (Å²) in [5.41, 5.74) is 9.69. The predicted octanol–water partition coefficient (Wildman–Crippen LogP) is 3.06. The van der Waals surface area contributed by atoms with E-state index in [1.54, 1.807) is 13.8 Å². The van der Waals surface area contributed by atoms with E-state index in [4.69, 9.17) is 5.73 Å². The Morgan fingerprint density at radius 3 is 2.69 bits per heavy atom. The summed E-state index contributed by atoms with van der Waals surface area (Å²) < 4.78 is 38.5. The van der Waals surface area contributed by atoms with Crippen LogP contribution in [0.5, 0.6) is 0 Å². The minimum Gasteiger partial charge on any atom is -0.768 e. The molecule has 0 amide bonds. The highest BCUT2D eigenvalue weighted by Gasteiger charge is 2.36. The smallest absolute Gasteiger partial charge is 0.122 e. The van der Waals surface area contributed by atoms with Crippen LogP contribution in [0.3, 0.4) is 0 Å². The number of rotatable bonds is 4. The quantitative estimate of drug-likeness (QED) is 0.819. The van der Waals surface area contributed by atoms with Crippen LogP contribution < -0.4 is 5.73 Å². The van der Waals surface area contributed by atoms with Gasteiger partial charge >= 0.3 is 0 Å². The van der Waals surface area contributed by atoms with Gasteiger partial charge < -0.3 is 15.2 Å². The summed E-state index contributed by atoms with van der Waals surface area (Å²) in [7, 11) is 0. The third-order valence-corrected chi connectivity index (χ3v) is 6.40. The molecule has 6 heteroatoms. The lowest BCUT2D eigenvalue weighted by atomic mass is 9.84. The summed E-state index contributed by atoms with van der Waals surface area (Å²) in [5, 5.41) is 0. The molecule has 1 heterocycles. The molecule has 4 nitrogen and oxygen atoms in total. The zero-order chi connectivity index (χ0) is 18.6. The van der Waals surface area contributed by atoms with Crippen molar-refractivity contribution in [2.24, 2.45) is 11.7 Å². The second-order valence-electron chi connectivity index (χ2n) is 8.57. The maximum Gasteiger partial charge on any atom is 0.122 e. The first-order chi connectivity index (χ1) is 12.2. The van der Waals surface area contributed by atoms with E-state index in [2.05, 4.69) is 11.0 Å². The van der Waals surface area contributed by atoms with E-state index in [0.717, 1.165) is 47.2 Å². The SMILES string of the molecule is CC(C)(F)CN1Cc2cc3c(c(S(=O)[O-])c2C=C1C1CC1)CCC(N)C3. The molecule has 1 aliphatic heterocycles. The Kier molecular flexibility index (Phi) is 4.48. The summed E-state index contributed by atoms with van der Waals surface area (Å²) in [6.45, 7) is 4.08. The molecule has 0 spiro atoms. The third-order valence-electron chi connectivity index (χ3n) is 5.60. The van der Waals surface area contributed by atoms with Crippen molar-refractivity contribution in [1.29, 1.82) is 0 Å². The second kappa shape index (κ2) is 6.43. The summed E-state index contributed by atoms with van der Waals surface area (Å²) in [6.07, 6.45) is 6.45. The second-order valence-corrected chi connectivity index (χ2v) is 9.45. The largest absolute Gasteiger partial charge is 0.768 e. The normalized spacial score (nSPS) is 24.0. The van der Waals surface area contributed by atoms with E-state index in [1.165, 1.54) is 0 Å². The Balaban J connectivity index is 1.83. The van der Waals surface area contributed by atoms with Crippen molar-refractivity contribution in [1.82, 2.24) is 4.90 Å². The van der Waals surface area contributed by atoms with Crippen LogP contribution in [0.1, 0.15) is 55.4 Å². The van der Waals surface area contributed by atoms with Crippen LogP contribution in [0.4, 0.5) is 4.39 Å². The summed E-state index contributed by atoms with van der Waals surface area (Å²) in [5.74, 6) is 0.433. The van der Waals surface area contributed by atoms with Crippen LogP contribution in [-0.2, 0) is 30.5 Å². The Morgan fingerprint density at radius 2 is 2.08 bits per heavy atom. The Labute approximate surface area is 156 Å². The first-order valence-electron chi connectivity index (χ1n) is 9.41. The molecule has 1 saturated carbocycles. The average Bonchev–Trinajstić information content (AvgIpc) is 3.34. The molecule has 2 unspecified atom stereocenters. The zero-order valence-electron chi connectivity index (χ0n) is 15.4. The van der Waals surface area contributed by atoms with E-state index in [1.807, 2.05) is 6.08 Å². The summed E-state index contributed by atoms with van der Waals surface area (Å²) >= 11 is -2.29. The van der Waals surface area contributed by atoms with Gasteiger partial charge in [-0.3, -0.25) is 4.21 Å². The fourth-order valence-electron chi connectivity index (χ4n) is 4.37. The number of benzene rings is 1. The maximum absolute atomic E-state index is 14.4. The molecular weight excluding hydrogens is 351 g/mol. The number of hydrogen-bond acceptors (Lipinski definition) is 4. The van der Waals surface area contributed by atoms with Crippen LogP contribution in [0.25, 0.3) is 6.08 Å². The number of hydrogen-bond donors (Lipinski definition) is 1. The van der Waals surface area contributed by atoms with Gasteiger partial charge in [-0.2, -0.15) is 0 Å².